The van der Waals surface area contributed by atoms with Crippen molar-refractivity contribution in [3.8, 4) is 0 Å². The lowest BCUT2D eigenvalue weighted by Gasteiger charge is -2.10. The number of carbonyl (C=O) groups excluding carboxylic acids is 1. The molecule has 5 nitrogen and oxygen atoms in total. The maximum Gasteiger partial charge on any atom is 0.253 e. The van der Waals surface area contributed by atoms with E-state index in [9.17, 15) is 4.79 Å². The first-order chi connectivity index (χ1) is 8.66. The van der Waals surface area contributed by atoms with Crippen molar-refractivity contribution in [2.45, 2.75) is 6.54 Å². The molecule has 1 heterocycles. The van der Waals surface area contributed by atoms with E-state index in [1.54, 1.807) is 19.0 Å². The van der Waals surface area contributed by atoms with Crippen molar-refractivity contribution in [2.24, 2.45) is 0 Å². The highest BCUT2D eigenvalue weighted by Gasteiger charge is 2.06. The van der Waals surface area contributed by atoms with Gasteiger partial charge in [-0.05, 0) is 35.8 Å². The molecule has 0 unspecified atom stereocenters. The maximum absolute atomic E-state index is 11.7. The highest BCUT2D eigenvalue weighted by atomic mass is 32.1. The molecular formula is C12H14N4OS. The Balaban J connectivity index is 1.97. The maximum atomic E-state index is 11.7. The molecule has 18 heavy (non-hydrogen) atoms. The predicted octanol–water partition coefficient (Wildman–Crippen LogP) is 1.85. The SMILES string of the molecule is CN(C)C(=O)c1ccc(NCc2csnn2)cc1. The molecule has 0 bridgehead atoms. The number of aromatic nitrogens is 2. The van der Waals surface area contributed by atoms with Crippen molar-refractivity contribution in [2.75, 3.05) is 19.4 Å². The Morgan fingerprint density at radius 1 is 1.33 bits per heavy atom. The van der Waals surface area contributed by atoms with Crippen LogP contribution in [0.5, 0.6) is 0 Å². The molecule has 0 aliphatic rings. The Morgan fingerprint density at radius 3 is 2.61 bits per heavy atom. The summed E-state index contributed by atoms with van der Waals surface area (Å²) >= 11 is 1.33. The molecule has 1 aromatic heterocycles. The van der Waals surface area contributed by atoms with E-state index in [0.29, 0.717) is 12.1 Å². The number of benzene rings is 1. The molecular weight excluding hydrogens is 248 g/mol. The summed E-state index contributed by atoms with van der Waals surface area (Å²) in [5.41, 5.74) is 2.55. The zero-order chi connectivity index (χ0) is 13.0. The van der Waals surface area contributed by atoms with Crippen LogP contribution in [-0.4, -0.2) is 34.5 Å². The van der Waals surface area contributed by atoms with E-state index in [0.717, 1.165) is 11.4 Å². The summed E-state index contributed by atoms with van der Waals surface area (Å²) in [4.78, 5) is 13.2. The standard InChI is InChI=1S/C12H14N4OS/c1-16(2)12(17)9-3-5-10(6-4-9)13-7-11-8-18-15-14-11/h3-6,8,13H,7H2,1-2H3. The van der Waals surface area contributed by atoms with Gasteiger partial charge in [-0.3, -0.25) is 4.79 Å². The normalized spacial score (nSPS) is 10.1. The van der Waals surface area contributed by atoms with Crippen LogP contribution < -0.4 is 5.32 Å². The fourth-order valence-corrected chi connectivity index (χ4v) is 1.89. The Kier molecular flexibility index (Phi) is 3.88. The molecule has 2 rings (SSSR count). The van der Waals surface area contributed by atoms with Gasteiger partial charge in [0.05, 0.1) is 12.2 Å². The monoisotopic (exact) mass is 262 g/mol. The van der Waals surface area contributed by atoms with Crippen LogP contribution >= 0.6 is 11.5 Å². The Bertz CT molecular complexity index is 507. The largest absolute Gasteiger partial charge is 0.379 e. The summed E-state index contributed by atoms with van der Waals surface area (Å²) in [6, 6.07) is 7.39. The van der Waals surface area contributed by atoms with Gasteiger partial charge in [-0.2, -0.15) is 0 Å². The van der Waals surface area contributed by atoms with Gasteiger partial charge < -0.3 is 10.2 Å². The number of carbonyl (C=O) groups is 1. The second kappa shape index (κ2) is 5.59. The fourth-order valence-electron chi connectivity index (χ4n) is 1.44. The van der Waals surface area contributed by atoms with Crippen LogP contribution in [0.2, 0.25) is 0 Å². The van der Waals surface area contributed by atoms with E-state index < -0.39 is 0 Å². The van der Waals surface area contributed by atoms with Crippen molar-refractivity contribution < 1.29 is 4.79 Å². The van der Waals surface area contributed by atoms with Gasteiger partial charge in [-0.1, -0.05) is 4.49 Å². The van der Waals surface area contributed by atoms with Crippen molar-refractivity contribution >= 4 is 23.1 Å². The fraction of sp³-hybridized carbons (Fsp3) is 0.250. The van der Waals surface area contributed by atoms with Gasteiger partial charge in [0.1, 0.15) is 0 Å². The molecule has 1 aromatic carbocycles. The van der Waals surface area contributed by atoms with Crippen LogP contribution in [0.15, 0.2) is 29.6 Å². The molecule has 1 N–H and O–H groups in total. The topological polar surface area (TPSA) is 58.1 Å². The summed E-state index contributed by atoms with van der Waals surface area (Å²) in [7, 11) is 3.48. The highest BCUT2D eigenvalue weighted by molar-refractivity contribution is 7.03. The van der Waals surface area contributed by atoms with Gasteiger partial charge in [0.2, 0.25) is 0 Å². The van der Waals surface area contributed by atoms with Gasteiger partial charge in [0.15, 0.2) is 0 Å². The molecule has 0 saturated carbocycles. The molecule has 0 spiro atoms. The lowest BCUT2D eigenvalue weighted by Crippen LogP contribution is -2.21. The van der Waals surface area contributed by atoms with Crippen LogP contribution in [0, 0.1) is 0 Å². The number of hydrogen-bond donors (Lipinski definition) is 1. The number of anilines is 1. The van der Waals surface area contributed by atoms with E-state index in [1.807, 2.05) is 29.6 Å². The first kappa shape index (κ1) is 12.5. The van der Waals surface area contributed by atoms with Crippen molar-refractivity contribution in [1.82, 2.24) is 14.5 Å². The average Bonchev–Trinajstić information content (AvgIpc) is 2.89. The van der Waals surface area contributed by atoms with Crippen LogP contribution in [0.25, 0.3) is 0 Å². The molecule has 94 valence electrons. The first-order valence-electron chi connectivity index (χ1n) is 5.48. The number of hydrogen-bond acceptors (Lipinski definition) is 5. The minimum atomic E-state index is 0.00486. The number of nitrogens with one attached hydrogen (secondary N) is 1. The third-order valence-electron chi connectivity index (χ3n) is 2.42. The second-order valence-electron chi connectivity index (χ2n) is 4.03. The third-order valence-corrected chi connectivity index (χ3v) is 2.97. The Morgan fingerprint density at radius 2 is 2.06 bits per heavy atom. The predicted molar refractivity (Wildman–Crippen MR) is 71.7 cm³/mol. The smallest absolute Gasteiger partial charge is 0.253 e. The lowest BCUT2D eigenvalue weighted by molar-refractivity contribution is 0.0827. The van der Waals surface area contributed by atoms with E-state index in [2.05, 4.69) is 14.9 Å². The minimum absolute atomic E-state index is 0.00486. The van der Waals surface area contributed by atoms with Gasteiger partial charge in [-0.15, -0.1) is 5.10 Å². The summed E-state index contributed by atoms with van der Waals surface area (Å²) in [5.74, 6) is 0.00486. The molecule has 6 heteroatoms. The molecule has 0 fully saturated rings. The highest BCUT2D eigenvalue weighted by Crippen LogP contribution is 2.12. The molecule has 0 aliphatic heterocycles. The molecule has 1 amide bonds. The Labute approximate surface area is 110 Å². The summed E-state index contributed by atoms with van der Waals surface area (Å²) in [6.45, 7) is 0.636. The van der Waals surface area contributed by atoms with E-state index >= 15 is 0 Å². The van der Waals surface area contributed by atoms with E-state index in [1.165, 1.54) is 11.5 Å². The van der Waals surface area contributed by atoms with Crippen LogP contribution in [0.3, 0.4) is 0 Å². The molecule has 0 radical (unpaired) electrons. The molecule has 0 aliphatic carbocycles. The molecule has 2 aromatic rings. The van der Waals surface area contributed by atoms with Gasteiger partial charge in [0, 0.05) is 30.7 Å². The lowest BCUT2D eigenvalue weighted by atomic mass is 10.2. The molecule has 0 atom stereocenters. The average molecular weight is 262 g/mol. The third kappa shape index (κ3) is 3.04. The van der Waals surface area contributed by atoms with Crippen LogP contribution in [0.4, 0.5) is 5.69 Å². The Hall–Kier alpha value is -1.95. The summed E-state index contributed by atoms with van der Waals surface area (Å²) in [5, 5.41) is 9.07. The zero-order valence-electron chi connectivity index (χ0n) is 10.3. The molecule has 0 saturated heterocycles. The van der Waals surface area contributed by atoms with Crippen LogP contribution in [-0.2, 0) is 6.54 Å². The van der Waals surface area contributed by atoms with Crippen molar-refractivity contribution in [3.63, 3.8) is 0 Å². The van der Waals surface area contributed by atoms with Crippen molar-refractivity contribution in [3.05, 3.63) is 40.9 Å². The van der Waals surface area contributed by atoms with Crippen molar-refractivity contribution in [1.29, 1.82) is 0 Å². The first-order valence-corrected chi connectivity index (χ1v) is 6.32. The van der Waals surface area contributed by atoms with E-state index in [-0.39, 0.29) is 5.91 Å². The van der Waals surface area contributed by atoms with Gasteiger partial charge >= 0.3 is 0 Å². The zero-order valence-corrected chi connectivity index (χ0v) is 11.1. The van der Waals surface area contributed by atoms with Gasteiger partial charge in [-0.25, -0.2) is 0 Å². The van der Waals surface area contributed by atoms with Crippen LogP contribution in [0.1, 0.15) is 16.1 Å². The number of amides is 1. The van der Waals surface area contributed by atoms with Gasteiger partial charge in [0.25, 0.3) is 5.91 Å². The van der Waals surface area contributed by atoms with E-state index in [4.69, 9.17) is 0 Å². The summed E-state index contributed by atoms with van der Waals surface area (Å²) < 4.78 is 3.79. The number of nitrogens with zero attached hydrogens (tertiary/aromatic N) is 3. The second-order valence-corrected chi connectivity index (χ2v) is 4.64. The summed E-state index contributed by atoms with van der Waals surface area (Å²) in [6.07, 6.45) is 0. The minimum Gasteiger partial charge on any atom is -0.379 e. The quantitative estimate of drug-likeness (QED) is 0.913. The number of rotatable bonds is 4.